The monoisotopic (exact) mass is 238 g/mol. The average molecular weight is 239 g/mol. The molecule has 0 saturated carbocycles. The summed E-state index contributed by atoms with van der Waals surface area (Å²) in [6.45, 7) is 6.79. The van der Waals surface area contributed by atoms with Crippen LogP contribution >= 0.6 is 11.6 Å². The van der Waals surface area contributed by atoms with Gasteiger partial charge in [-0.15, -0.1) is 0 Å². The Balaban J connectivity index is 2.02. The number of anilines is 1. The predicted molar refractivity (Wildman–Crippen MR) is 69.0 cm³/mol. The van der Waals surface area contributed by atoms with E-state index in [2.05, 4.69) is 23.7 Å². The van der Waals surface area contributed by atoms with E-state index in [0.717, 1.165) is 35.8 Å². The van der Waals surface area contributed by atoms with Gasteiger partial charge in [0.05, 0.1) is 5.02 Å². The molecule has 0 spiro atoms. The summed E-state index contributed by atoms with van der Waals surface area (Å²) in [6.07, 6.45) is 4.32. The van der Waals surface area contributed by atoms with Crippen molar-refractivity contribution in [1.82, 2.24) is 4.98 Å². The van der Waals surface area contributed by atoms with Gasteiger partial charge in [-0.1, -0.05) is 25.4 Å². The molecular formula is C13H19ClN2. The lowest BCUT2D eigenvalue weighted by Gasteiger charge is -2.34. The Morgan fingerprint density at radius 3 is 2.62 bits per heavy atom. The zero-order chi connectivity index (χ0) is 11.5. The van der Waals surface area contributed by atoms with Crippen molar-refractivity contribution in [2.24, 2.45) is 11.8 Å². The molecule has 2 heterocycles. The molecule has 0 aromatic carbocycles. The number of nitrogens with zero attached hydrogens (tertiary/aromatic N) is 2. The number of piperidine rings is 1. The Labute approximate surface area is 103 Å². The van der Waals surface area contributed by atoms with Gasteiger partial charge in [-0.2, -0.15) is 0 Å². The number of aromatic nitrogens is 1. The van der Waals surface area contributed by atoms with Crippen LogP contribution in [0.2, 0.25) is 5.02 Å². The van der Waals surface area contributed by atoms with Gasteiger partial charge in [0.1, 0.15) is 5.82 Å². The lowest BCUT2D eigenvalue weighted by Crippen LogP contribution is -2.35. The van der Waals surface area contributed by atoms with Crippen LogP contribution in [0.5, 0.6) is 0 Å². The van der Waals surface area contributed by atoms with Crippen LogP contribution in [0.25, 0.3) is 0 Å². The SMILES string of the molecule is CC(C)C1CCN(c2ncccc2Cl)CC1. The van der Waals surface area contributed by atoms with Crippen molar-refractivity contribution in [2.75, 3.05) is 18.0 Å². The predicted octanol–water partition coefficient (Wildman–Crippen LogP) is 3.61. The fourth-order valence-corrected chi connectivity index (χ4v) is 2.63. The summed E-state index contributed by atoms with van der Waals surface area (Å²) in [5.74, 6) is 2.60. The molecule has 0 amide bonds. The molecule has 1 aromatic rings. The fraction of sp³-hybridized carbons (Fsp3) is 0.615. The van der Waals surface area contributed by atoms with Crippen molar-refractivity contribution in [3.8, 4) is 0 Å². The largest absolute Gasteiger partial charge is 0.355 e. The van der Waals surface area contributed by atoms with Crippen molar-refractivity contribution >= 4 is 17.4 Å². The van der Waals surface area contributed by atoms with Crippen molar-refractivity contribution in [3.05, 3.63) is 23.4 Å². The van der Waals surface area contributed by atoms with Gasteiger partial charge in [0.15, 0.2) is 0 Å². The molecule has 16 heavy (non-hydrogen) atoms. The van der Waals surface area contributed by atoms with E-state index >= 15 is 0 Å². The standard InChI is InChI=1S/C13H19ClN2/c1-10(2)11-5-8-16(9-6-11)13-12(14)4-3-7-15-13/h3-4,7,10-11H,5-6,8-9H2,1-2H3. The average Bonchev–Trinajstić information content (AvgIpc) is 2.30. The van der Waals surface area contributed by atoms with E-state index in [1.807, 2.05) is 18.3 Å². The molecule has 1 fully saturated rings. The first-order valence-corrected chi connectivity index (χ1v) is 6.41. The summed E-state index contributed by atoms with van der Waals surface area (Å²) in [4.78, 5) is 6.67. The number of pyridine rings is 1. The highest BCUT2D eigenvalue weighted by Crippen LogP contribution is 2.29. The molecule has 1 aromatic heterocycles. The minimum atomic E-state index is 0.769. The maximum atomic E-state index is 6.15. The van der Waals surface area contributed by atoms with Crippen LogP contribution in [0.1, 0.15) is 26.7 Å². The van der Waals surface area contributed by atoms with Crippen molar-refractivity contribution < 1.29 is 0 Å². The van der Waals surface area contributed by atoms with Crippen LogP contribution in [-0.4, -0.2) is 18.1 Å². The summed E-state index contributed by atoms with van der Waals surface area (Å²) in [7, 11) is 0. The number of halogens is 1. The fourth-order valence-electron chi connectivity index (χ4n) is 2.39. The van der Waals surface area contributed by atoms with Crippen molar-refractivity contribution in [3.63, 3.8) is 0 Å². The van der Waals surface area contributed by atoms with Gasteiger partial charge in [-0.05, 0) is 36.8 Å². The van der Waals surface area contributed by atoms with E-state index in [4.69, 9.17) is 11.6 Å². The minimum absolute atomic E-state index is 0.769. The zero-order valence-corrected chi connectivity index (χ0v) is 10.7. The summed E-state index contributed by atoms with van der Waals surface area (Å²) in [5.41, 5.74) is 0. The van der Waals surface area contributed by atoms with Crippen LogP contribution in [0.15, 0.2) is 18.3 Å². The molecule has 1 aliphatic rings. The third-order valence-corrected chi connectivity index (χ3v) is 3.82. The van der Waals surface area contributed by atoms with E-state index in [1.54, 1.807) is 0 Å². The van der Waals surface area contributed by atoms with Crippen molar-refractivity contribution in [2.45, 2.75) is 26.7 Å². The highest BCUT2D eigenvalue weighted by molar-refractivity contribution is 6.32. The summed E-state index contributed by atoms with van der Waals surface area (Å²) in [6, 6.07) is 3.80. The van der Waals surface area contributed by atoms with Gasteiger partial charge in [-0.25, -0.2) is 4.98 Å². The highest BCUT2D eigenvalue weighted by Gasteiger charge is 2.23. The maximum Gasteiger partial charge on any atom is 0.147 e. The Hall–Kier alpha value is -0.760. The lowest BCUT2D eigenvalue weighted by molar-refractivity contribution is 0.311. The summed E-state index contributed by atoms with van der Waals surface area (Å²) < 4.78 is 0. The second-order valence-corrected chi connectivity index (χ2v) is 5.28. The zero-order valence-electron chi connectivity index (χ0n) is 9.99. The van der Waals surface area contributed by atoms with Gasteiger partial charge in [0.2, 0.25) is 0 Å². The summed E-state index contributed by atoms with van der Waals surface area (Å²) >= 11 is 6.15. The van der Waals surface area contributed by atoms with Crippen LogP contribution in [0.3, 0.4) is 0 Å². The highest BCUT2D eigenvalue weighted by atomic mass is 35.5. The summed E-state index contributed by atoms with van der Waals surface area (Å²) in [5, 5.41) is 0.769. The third kappa shape index (κ3) is 2.49. The molecule has 2 rings (SSSR count). The van der Waals surface area contributed by atoms with Gasteiger partial charge in [-0.3, -0.25) is 0 Å². The van der Waals surface area contributed by atoms with Gasteiger partial charge < -0.3 is 4.90 Å². The molecule has 0 radical (unpaired) electrons. The molecule has 0 N–H and O–H groups in total. The minimum Gasteiger partial charge on any atom is -0.355 e. The second kappa shape index (κ2) is 5.05. The first-order chi connectivity index (χ1) is 7.68. The number of hydrogen-bond acceptors (Lipinski definition) is 2. The molecular weight excluding hydrogens is 220 g/mol. The molecule has 3 heteroatoms. The van der Waals surface area contributed by atoms with Gasteiger partial charge in [0, 0.05) is 19.3 Å². The van der Waals surface area contributed by atoms with E-state index in [0.29, 0.717) is 0 Å². The second-order valence-electron chi connectivity index (χ2n) is 4.88. The number of hydrogen-bond donors (Lipinski definition) is 0. The Kier molecular flexibility index (Phi) is 3.70. The lowest BCUT2D eigenvalue weighted by atomic mass is 9.87. The molecule has 0 unspecified atom stereocenters. The third-order valence-electron chi connectivity index (χ3n) is 3.52. The van der Waals surface area contributed by atoms with Crippen LogP contribution < -0.4 is 4.90 Å². The smallest absolute Gasteiger partial charge is 0.147 e. The quantitative estimate of drug-likeness (QED) is 0.783. The van der Waals surface area contributed by atoms with E-state index in [9.17, 15) is 0 Å². The van der Waals surface area contributed by atoms with Crippen LogP contribution in [0.4, 0.5) is 5.82 Å². The Bertz CT molecular complexity index is 344. The molecule has 0 atom stereocenters. The van der Waals surface area contributed by atoms with E-state index in [1.165, 1.54) is 12.8 Å². The first-order valence-electron chi connectivity index (χ1n) is 6.04. The molecule has 0 aliphatic carbocycles. The maximum absolute atomic E-state index is 6.15. The van der Waals surface area contributed by atoms with Gasteiger partial charge in [0.25, 0.3) is 0 Å². The van der Waals surface area contributed by atoms with Crippen molar-refractivity contribution in [1.29, 1.82) is 0 Å². The molecule has 1 saturated heterocycles. The first kappa shape index (κ1) is 11.7. The van der Waals surface area contributed by atoms with Crippen LogP contribution in [-0.2, 0) is 0 Å². The van der Waals surface area contributed by atoms with E-state index < -0.39 is 0 Å². The van der Waals surface area contributed by atoms with Crippen LogP contribution in [0, 0.1) is 11.8 Å². The molecule has 1 aliphatic heterocycles. The molecule has 0 bridgehead atoms. The number of rotatable bonds is 2. The molecule has 88 valence electrons. The normalized spacial score (nSPS) is 18.1. The molecule has 2 nitrogen and oxygen atoms in total. The van der Waals surface area contributed by atoms with E-state index in [-0.39, 0.29) is 0 Å². The Morgan fingerprint density at radius 1 is 1.38 bits per heavy atom. The Morgan fingerprint density at radius 2 is 2.06 bits per heavy atom. The topological polar surface area (TPSA) is 16.1 Å². The van der Waals surface area contributed by atoms with Gasteiger partial charge >= 0.3 is 0 Å².